The second-order valence-electron chi connectivity index (χ2n) is 5.97. The molecule has 25 heavy (non-hydrogen) atoms. The van der Waals surface area contributed by atoms with Crippen molar-refractivity contribution in [1.29, 1.82) is 0 Å². The van der Waals surface area contributed by atoms with Gasteiger partial charge in [-0.05, 0) is 23.8 Å². The molecule has 1 aromatic carbocycles. The van der Waals surface area contributed by atoms with E-state index in [4.69, 9.17) is 16.7 Å². The van der Waals surface area contributed by atoms with Crippen LogP contribution in [-0.4, -0.2) is 45.4 Å². The number of halogens is 1. The first-order chi connectivity index (χ1) is 11.8. The number of amides is 2. The van der Waals surface area contributed by atoms with E-state index in [2.05, 4.69) is 10.4 Å². The molecule has 0 aliphatic rings. The SMILES string of the molecule is CC(CN(C)C(=O)NC(c1ccc(Cl)cc1)c1ccn(C)n1)C(=O)O. The van der Waals surface area contributed by atoms with Gasteiger partial charge in [0, 0.05) is 31.9 Å². The molecule has 0 spiro atoms. The van der Waals surface area contributed by atoms with Gasteiger partial charge in [-0.1, -0.05) is 30.7 Å². The molecule has 0 fully saturated rings. The van der Waals surface area contributed by atoms with Crippen LogP contribution in [0.5, 0.6) is 0 Å². The Kier molecular flexibility index (Phi) is 6.03. The predicted octanol–water partition coefficient (Wildman–Crippen LogP) is 2.53. The molecule has 0 radical (unpaired) electrons. The van der Waals surface area contributed by atoms with E-state index in [1.807, 2.05) is 18.2 Å². The fourth-order valence-corrected chi connectivity index (χ4v) is 2.50. The van der Waals surface area contributed by atoms with Crippen LogP contribution >= 0.6 is 11.6 Å². The molecule has 2 rings (SSSR count). The van der Waals surface area contributed by atoms with E-state index in [1.54, 1.807) is 44.0 Å². The first-order valence-electron chi connectivity index (χ1n) is 7.77. The highest BCUT2D eigenvalue weighted by Crippen LogP contribution is 2.22. The van der Waals surface area contributed by atoms with Crippen LogP contribution in [-0.2, 0) is 11.8 Å². The van der Waals surface area contributed by atoms with Crippen LogP contribution in [0.2, 0.25) is 5.02 Å². The van der Waals surface area contributed by atoms with E-state index in [0.29, 0.717) is 10.7 Å². The summed E-state index contributed by atoms with van der Waals surface area (Å²) in [5.41, 5.74) is 1.51. The third-order valence-electron chi connectivity index (χ3n) is 3.82. The van der Waals surface area contributed by atoms with Gasteiger partial charge in [-0.25, -0.2) is 4.79 Å². The number of hydrogen-bond donors (Lipinski definition) is 2. The van der Waals surface area contributed by atoms with Crippen LogP contribution < -0.4 is 5.32 Å². The third kappa shape index (κ3) is 4.96. The van der Waals surface area contributed by atoms with Crippen LogP contribution in [0, 0.1) is 5.92 Å². The van der Waals surface area contributed by atoms with Gasteiger partial charge in [0.25, 0.3) is 0 Å². The lowest BCUT2D eigenvalue weighted by Gasteiger charge is -2.24. The molecule has 134 valence electrons. The summed E-state index contributed by atoms with van der Waals surface area (Å²) in [6, 6.07) is 8.11. The van der Waals surface area contributed by atoms with Crippen LogP contribution in [0.25, 0.3) is 0 Å². The maximum Gasteiger partial charge on any atom is 0.317 e. The molecule has 0 saturated carbocycles. The van der Waals surface area contributed by atoms with E-state index >= 15 is 0 Å². The van der Waals surface area contributed by atoms with Crippen molar-refractivity contribution in [2.24, 2.45) is 13.0 Å². The Hall–Kier alpha value is -2.54. The fraction of sp³-hybridized carbons (Fsp3) is 0.353. The normalized spacial score (nSPS) is 13.1. The van der Waals surface area contributed by atoms with Crippen molar-refractivity contribution in [2.45, 2.75) is 13.0 Å². The number of hydrogen-bond acceptors (Lipinski definition) is 3. The lowest BCUT2D eigenvalue weighted by molar-refractivity contribution is -0.141. The van der Waals surface area contributed by atoms with E-state index in [-0.39, 0.29) is 12.6 Å². The van der Waals surface area contributed by atoms with Crippen LogP contribution in [0.3, 0.4) is 0 Å². The first kappa shape index (κ1) is 18.8. The molecule has 2 amide bonds. The zero-order chi connectivity index (χ0) is 18.6. The molecule has 8 heteroatoms. The van der Waals surface area contributed by atoms with Gasteiger partial charge in [-0.15, -0.1) is 0 Å². The number of aryl methyl sites for hydroxylation is 1. The number of urea groups is 1. The molecular weight excluding hydrogens is 344 g/mol. The van der Waals surface area contributed by atoms with Crippen molar-refractivity contribution >= 4 is 23.6 Å². The van der Waals surface area contributed by atoms with E-state index in [9.17, 15) is 9.59 Å². The van der Waals surface area contributed by atoms with Gasteiger partial charge in [-0.2, -0.15) is 5.10 Å². The molecule has 7 nitrogen and oxygen atoms in total. The topological polar surface area (TPSA) is 87.5 Å². The largest absolute Gasteiger partial charge is 0.481 e. The Labute approximate surface area is 151 Å². The molecule has 0 saturated heterocycles. The third-order valence-corrected chi connectivity index (χ3v) is 4.07. The number of carboxylic acid groups (broad SMARTS) is 1. The number of benzene rings is 1. The molecule has 0 bridgehead atoms. The quantitative estimate of drug-likeness (QED) is 0.824. The minimum Gasteiger partial charge on any atom is -0.481 e. The number of aliphatic carboxylic acids is 1. The molecule has 2 aromatic rings. The fourth-order valence-electron chi connectivity index (χ4n) is 2.38. The number of rotatable bonds is 6. The number of carbonyl (C=O) groups is 2. The van der Waals surface area contributed by atoms with Crippen molar-refractivity contribution in [3.05, 3.63) is 52.8 Å². The molecule has 2 unspecified atom stereocenters. The van der Waals surface area contributed by atoms with Gasteiger partial charge < -0.3 is 15.3 Å². The molecule has 1 heterocycles. The average Bonchev–Trinajstić information content (AvgIpc) is 2.99. The molecule has 1 aromatic heterocycles. The maximum atomic E-state index is 12.5. The Morgan fingerprint density at radius 2 is 1.96 bits per heavy atom. The van der Waals surface area contributed by atoms with E-state index in [0.717, 1.165) is 5.56 Å². The van der Waals surface area contributed by atoms with E-state index < -0.39 is 17.9 Å². The van der Waals surface area contributed by atoms with Crippen LogP contribution in [0.4, 0.5) is 4.79 Å². The minimum absolute atomic E-state index is 0.108. The summed E-state index contributed by atoms with van der Waals surface area (Å²) in [5, 5.41) is 16.9. The summed E-state index contributed by atoms with van der Waals surface area (Å²) >= 11 is 5.94. The summed E-state index contributed by atoms with van der Waals surface area (Å²) in [6.07, 6.45) is 1.79. The predicted molar refractivity (Wildman–Crippen MR) is 94.5 cm³/mol. The van der Waals surface area contributed by atoms with Crippen molar-refractivity contribution in [3.8, 4) is 0 Å². The van der Waals surface area contributed by atoms with Gasteiger partial charge in [0.2, 0.25) is 0 Å². The Morgan fingerprint density at radius 3 is 2.48 bits per heavy atom. The first-order valence-corrected chi connectivity index (χ1v) is 8.15. The smallest absolute Gasteiger partial charge is 0.317 e. The lowest BCUT2D eigenvalue weighted by Crippen LogP contribution is -2.42. The van der Waals surface area contributed by atoms with Crippen molar-refractivity contribution < 1.29 is 14.7 Å². The summed E-state index contributed by atoms with van der Waals surface area (Å²) in [6.45, 7) is 1.66. The molecular formula is C17H21ClN4O3. The van der Waals surface area contributed by atoms with Crippen molar-refractivity contribution in [1.82, 2.24) is 20.0 Å². The minimum atomic E-state index is -0.946. The molecule has 0 aliphatic carbocycles. The Balaban J connectivity index is 2.20. The maximum absolute atomic E-state index is 12.5. The lowest BCUT2D eigenvalue weighted by atomic mass is 10.0. The summed E-state index contributed by atoms with van der Waals surface area (Å²) in [4.78, 5) is 24.8. The Bertz CT molecular complexity index is 745. The number of aromatic nitrogens is 2. The van der Waals surface area contributed by atoms with E-state index in [1.165, 1.54) is 4.90 Å². The van der Waals surface area contributed by atoms with Gasteiger partial charge in [0.1, 0.15) is 6.04 Å². The average molecular weight is 365 g/mol. The molecule has 2 atom stereocenters. The Morgan fingerprint density at radius 1 is 1.32 bits per heavy atom. The van der Waals surface area contributed by atoms with Crippen molar-refractivity contribution in [3.63, 3.8) is 0 Å². The van der Waals surface area contributed by atoms with Gasteiger partial charge in [0.05, 0.1) is 11.6 Å². The number of nitrogens with zero attached hydrogens (tertiary/aromatic N) is 3. The van der Waals surface area contributed by atoms with Crippen LogP contribution in [0.15, 0.2) is 36.5 Å². The van der Waals surface area contributed by atoms with Gasteiger partial charge in [-0.3, -0.25) is 9.48 Å². The zero-order valence-corrected chi connectivity index (χ0v) is 15.1. The van der Waals surface area contributed by atoms with Crippen LogP contribution in [0.1, 0.15) is 24.2 Å². The number of carbonyl (C=O) groups excluding carboxylic acids is 1. The summed E-state index contributed by atoms with van der Waals surface area (Å²) in [7, 11) is 3.36. The highest BCUT2D eigenvalue weighted by atomic mass is 35.5. The standard InChI is InChI=1S/C17H21ClN4O3/c1-11(16(23)24)10-21(2)17(25)19-15(14-8-9-22(3)20-14)12-4-6-13(18)7-5-12/h4-9,11,15H,10H2,1-3H3,(H,19,25)(H,23,24). The zero-order valence-electron chi connectivity index (χ0n) is 14.3. The second-order valence-corrected chi connectivity index (χ2v) is 6.40. The highest BCUT2D eigenvalue weighted by molar-refractivity contribution is 6.30. The monoisotopic (exact) mass is 364 g/mol. The molecule has 2 N–H and O–H groups in total. The second kappa shape index (κ2) is 8.02. The summed E-state index contributed by atoms with van der Waals surface area (Å²) in [5.74, 6) is -1.60. The number of carboxylic acids is 1. The summed E-state index contributed by atoms with van der Waals surface area (Å²) < 4.78 is 1.65. The van der Waals surface area contributed by atoms with Crippen molar-refractivity contribution in [2.75, 3.05) is 13.6 Å². The number of nitrogens with one attached hydrogen (secondary N) is 1. The highest BCUT2D eigenvalue weighted by Gasteiger charge is 2.23. The molecule has 0 aliphatic heterocycles. The van der Waals surface area contributed by atoms with Gasteiger partial charge in [0.15, 0.2) is 0 Å². The van der Waals surface area contributed by atoms with Gasteiger partial charge >= 0.3 is 12.0 Å².